The molecule has 4 rings (SSSR count). The number of para-hydroxylation sites is 1. The molecule has 0 spiro atoms. The predicted octanol–water partition coefficient (Wildman–Crippen LogP) is 2.64. The summed E-state index contributed by atoms with van der Waals surface area (Å²) in [4.78, 5) is 15.2. The second-order valence-electron chi connectivity index (χ2n) is 6.63. The maximum Gasteiger partial charge on any atom is 0.279 e. The van der Waals surface area contributed by atoms with Crippen LogP contribution in [0.4, 0.5) is 0 Å². The molecular weight excluding hydrogens is 338 g/mol. The van der Waals surface area contributed by atoms with Crippen molar-refractivity contribution in [2.45, 2.75) is 20.4 Å². The number of H-pyrrole nitrogens is 1. The molecule has 0 radical (unpaired) electrons. The molecule has 3 aromatic rings. The van der Waals surface area contributed by atoms with Crippen LogP contribution in [0.5, 0.6) is 0 Å². The Kier molecular flexibility index (Phi) is 4.20. The van der Waals surface area contributed by atoms with Crippen molar-refractivity contribution in [2.75, 3.05) is 0 Å². The highest BCUT2D eigenvalue weighted by atomic mass is 16.3. The number of furan rings is 1. The molecule has 0 aliphatic carbocycles. The van der Waals surface area contributed by atoms with E-state index in [1.807, 2.05) is 68.5 Å². The summed E-state index contributed by atoms with van der Waals surface area (Å²) >= 11 is 0. The monoisotopic (exact) mass is 359 g/mol. The Morgan fingerprint density at radius 3 is 2.37 bits per heavy atom. The number of aromatic nitrogens is 2. The summed E-state index contributed by atoms with van der Waals surface area (Å²) in [5.74, 6) is 0.893. The van der Waals surface area contributed by atoms with Gasteiger partial charge in [0, 0.05) is 11.4 Å². The number of benzene rings is 1. The van der Waals surface area contributed by atoms with Gasteiger partial charge in [-0.05, 0) is 55.8 Å². The molecule has 5 nitrogen and oxygen atoms in total. The van der Waals surface area contributed by atoms with E-state index in [1.54, 1.807) is 6.26 Å². The molecule has 1 aliphatic heterocycles. The fraction of sp³-hybridized carbons (Fsp3) is 0.136. The first-order valence-electron chi connectivity index (χ1n) is 8.81. The van der Waals surface area contributed by atoms with Crippen LogP contribution in [0.1, 0.15) is 19.6 Å². The number of rotatable bonds is 3. The topological polar surface area (TPSA) is 54.2 Å². The molecule has 0 fully saturated rings. The maximum atomic E-state index is 13.0. The van der Waals surface area contributed by atoms with Crippen LogP contribution in [0.25, 0.3) is 17.8 Å². The molecule has 2 aromatic heterocycles. The van der Waals surface area contributed by atoms with Crippen molar-refractivity contribution < 1.29 is 4.42 Å². The van der Waals surface area contributed by atoms with E-state index in [4.69, 9.17) is 4.42 Å². The van der Waals surface area contributed by atoms with Gasteiger partial charge in [0.15, 0.2) is 0 Å². The fourth-order valence-corrected chi connectivity index (χ4v) is 3.42. The summed E-state index contributed by atoms with van der Waals surface area (Å²) in [5, 5.41) is 4.28. The van der Waals surface area contributed by atoms with Crippen molar-refractivity contribution in [1.29, 1.82) is 0 Å². The van der Waals surface area contributed by atoms with Gasteiger partial charge in [-0.25, -0.2) is 4.68 Å². The van der Waals surface area contributed by atoms with E-state index in [9.17, 15) is 4.79 Å². The van der Waals surface area contributed by atoms with E-state index < -0.39 is 0 Å². The lowest BCUT2D eigenvalue weighted by Gasteiger charge is -2.28. The number of hydrogen-bond donors (Lipinski definition) is 1. The number of allylic oxidation sites excluding steroid dienone is 4. The van der Waals surface area contributed by atoms with Gasteiger partial charge in [0.05, 0.1) is 29.1 Å². The number of aromatic amines is 1. The molecule has 5 heteroatoms. The van der Waals surface area contributed by atoms with Crippen LogP contribution < -0.4 is 16.1 Å². The summed E-state index contributed by atoms with van der Waals surface area (Å²) in [5.41, 5.74) is 3.65. The Morgan fingerprint density at radius 2 is 1.74 bits per heavy atom. The molecule has 27 heavy (non-hydrogen) atoms. The fourth-order valence-electron chi connectivity index (χ4n) is 3.42. The zero-order valence-corrected chi connectivity index (χ0v) is 15.4. The van der Waals surface area contributed by atoms with E-state index in [1.165, 1.54) is 4.68 Å². The van der Waals surface area contributed by atoms with Crippen LogP contribution in [-0.4, -0.2) is 14.7 Å². The van der Waals surface area contributed by atoms with Crippen LogP contribution in [0.2, 0.25) is 0 Å². The first kappa shape index (κ1) is 17.0. The molecule has 3 heterocycles. The van der Waals surface area contributed by atoms with E-state index >= 15 is 0 Å². The molecular formula is C22H21N3O2. The molecule has 0 saturated carbocycles. The van der Waals surface area contributed by atoms with Crippen molar-refractivity contribution in [3.8, 4) is 5.69 Å². The van der Waals surface area contributed by atoms with E-state index in [0.29, 0.717) is 17.1 Å². The molecule has 0 unspecified atom stereocenters. The van der Waals surface area contributed by atoms with Gasteiger partial charge in [0.25, 0.3) is 5.56 Å². The van der Waals surface area contributed by atoms with Crippen molar-refractivity contribution >= 4 is 12.2 Å². The standard InChI is InChI=1S/C22H21N3O2/c1-15-12-18(13-16(2)24(15)14-20-10-7-11-27-20)21-17(3)23-25(22(21)26)19-8-5-4-6-9-19/h4-13,23H,3,14H2,1-2H3. The minimum Gasteiger partial charge on any atom is -0.467 e. The highest BCUT2D eigenvalue weighted by Crippen LogP contribution is 2.24. The molecule has 1 aliphatic rings. The Balaban J connectivity index is 1.81. The molecule has 0 atom stereocenters. The van der Waals surface area contributed by atoms with E-state index in [-0.39, 0.29) is 5.56 Å². The Hall–Kier alpha value is -3.47. The largest absolute Gasteiger partial charge is 0.467 e. The van der Waals surface area contributed by atoms with Crippen LogP contribution in [0.15, 0.2) is 81.5 Å². The third kappa shape index (κ3) is 3.08. The second-order valence-corrected chi connectivity index (χ2v) is 6.63. The zero-order chi connectivity index (χ0) is 19.0. The third-order valence-corrected chi connectivity index (χ3v) is 4.74. The summed E-state index contributed by atoms with van der Waals surface area (Å²) in [6.07, 6.45) is 5.71. The van der Waals surface area contributed by atoms with Gasteiger partial charge < -0.3 is 9.32 Å². The normalized spacial score (nSPS) is 14.3. The maximum absolute atomic E-state index is 13.0. The number of hydrogen-bond acceptors (Lipinski definition) is 3. The van der Waals surface area contributed by atoms with Crippen molar-refractivity contribution in [2.24, 2.45) is 0 Å². The SMILES string of the molecule is C=c1[nH]n(-c2ccccc2)c(=O)c1=C1C=C(C)N(Cc2ccco2)C(C)=C1. The lowest BCUT2D eigenvalue weighted by atomic mass is 10.1. The summed E-state index contributed by atoms with van der Waals surface area (Å²) in [6, 6.07) is 13.3. The average Bonchev–Trinajstić information content (AvgIpc) is 3.26. The molecule has 0 saturated heterocycles. The van der Waals surface area contributed by atoms with Crippen molar-refractivity contribution in [3.05, 3.63) is 99.0 Å². The van der Waals surface area contributed by atoms with Crippen LogP contribution in [-0.2, 0) is 6.54 Å². The molecule has 1 N–H and O–H groups in total. The Bertz CT molecular complexity index is 1170. The van der Waals surface area contributed by atoms with Gasteiger partial charge in [-0.15, -0.1) is 0 Å². The summed E-state index contributed by atoms with van der Waals surface area (Å²) < 4.78 is 7.00. The van der Waals surface area contributed by atoms with Crippen LogP contribution >= 0.6 is 0 Å². The van der Waals surface area contributed by atoms with Gasteiger partial charge in [-0.1, -0.05) is 24.8 Å². The minimum atomic E-state index is -0.103. The molecule has 1 aromatic carbocycles. The predicted molar refractivity (Wildman–Crippen MR) is 106 cm³/mol. The highest BCUT2D eigenvalue weighted by Gasteiger charge is 2.17. The summed E-state index contributed by atoms with van der Waals surface area (Å²) in [7, 11) is 0. The van der Waals surface area contributed by atoms with E-state index in [0.717, 1.165) is 28.4 Å². The second kappa shape index (κ2) is 6.68. The lowest BCUT2D eigenvalue weighted by molar-refractivity contribution is 0.364. The van der Waals surface area contributed by atoms with Crippen molar-refractivity contribution in [3.63, 3.8) is 0 Å². The smallest absolute Gasteiger partial charge is 0.279 e. The van der Waals surface area contributed by atoms with Crippen LogP contribution in [0.3, 0.4) is 0 Å². The van der Waals surface area contributed by atoms with Gasteiger partial charge in [0.1, 0.15) is 5.76 Å². The average molecular weight is 359 g/mol. The molecule has 0 bridgehead atoms. The highest BCUT2D eigenvalue weighted by molar-refractivity contribution is 5.70. The molecule has 0 amide bonds. The lowest BCUT2D eigenvalue weighted by Crippen LogP contribution is -2.36. The first-order chi connectivity index (χ1) is 13.0. The number of nitrogens with zero attached hydrogens (tertiary/aromatic N) is 2. The Labute approximate surface area is 156 Å². The van der Waals surface area contributed by atoms with Gasteiger partial charge in [-0.2, -0.15) is 0 Å². The zero-order valence-electron chi connectivity index (χ0n) is 15.4. The van der Waals surface area contributed by atoms with Crippen LogP contribution in [0, 0.1) is 0 Å². The van der Waals surface area contributed by atoms with Gasteiger partial charge >= 0.3 is 0 Å². The Morgan fingerprint density at radius 1 is 1.04 bits per heavy atom. The third-order valence-electron chi connectivity index (χ3n) is 4.74. The molecule has 136 valence electrons. The minimum absolute atomic E-state index is 0.103. The first-order valence-corrected chi connectivity index (χ1v) is 8.81. The van der Waals surface area contributed by atoms with Gasteiger partial charge in [0.2, 0.25) is 0 Å². The van der Waals surface area contributed by atoms with E-state index in [2.05, 4.69) is 16.6 Å². The summed E-state index contributed by atoms with van der Waals surface area (Å²) in [6.45, 7) is 8.77. The van der Waals surface area contributed by atoms with Gasteiger partial charge in [-0.3, -0.25) is 9.89 Å². The number of nitrogens with one attached hydrogen (secondary N) is 1. The van der Waals surface area contributed by atoms with Crippen molar-refractivity contribution in [1.82, 2.24) is 14.7 Å². The quantitative estimate of drug-likeness (QED) is 0.782.